The van der Waals surface area contributed by atoms with E-state index in [9.17, 15) is 9.59 Å². The number of hydrogen-bond donors (Lipinski definition) is 1. The Bertz CT molecular complexity index is 1010. The SMILES string of the molecule is CCOc1cc(/C=C2/NC(=O)N(C)C2=O)cc(Cl)c1OCc1ccc(Cl)cc1Cl. The Labute approximate surface area is 182 Å². The minimum absolute atomic E-state index is 0.151. The highest BCUT2D eigenvalue weighted by molar-refractivity contribution is 6.35. The molecule has 0 unspecified atom stereocenters. The van der Waals surface area contributed by atoms with Crippen LogP contribution < -0.4 is 14.8 Å². The van der Waals surface area contributed by atoms with Crippen molar-refractivity contribution in [2.75, 3.05) is 13.7 Å². The van der Waals surface area contributed by atoms with Gasteiger partial charge in [0.2, 0.25) is 0 Å². The van der Waals surface area contributed by atoms with Crippen molar-refractivity contribution < 1.29 is 19.1 Å². The van der Waals surface area contributed by atoms with Crippen LogP contribution in [0.5, 0.6) is 11.5 Å². The first-order valence-electron chi connectivity index (χ1n) is 8.64. The van der Waals surface area contributed by atoms with E-state index in [4.69, 9.17) is 44.3 Å². The van der Waals surface area contributed by atoms with Crippen molar-refractivity contribution in [3.05, 3.63) is 62.2 Å². The number of likely N-dealkylation sites (N-methyl/N-ethyl adjacent to an activating group) is 1. The zero-order chi connectivity index (χ0) is 21.1. The zero-order valence-electron chi connectivity index (χ0n) is 15.6. The maximum atomic E-state index is 12.1. The molecular weight excluding hydrogens is 439 g/mol. The van der Waals surface area contributed by atoms with Gasteiger partial charge in [-0.2, -0.15) is 0 Å². The Morgan fingerprint density at radius 1 is 1.07 bits per heavy atom. The molecule has 0 bridgehead atoms. The number of carbonyl (C=O) groups is 2. The molecule has 3 rings (SSSR count). The predicted octanol–water partition coefficient (Wildman–Crippen LogP) is 5.15. The number of nitrogens with one attached hydrogen (secondary N) is 1. The van der Waals surface area contributed by atoms with Gasteiger partial charge in [0.1, 0.15) is 12.3 Å². The molecule has 0 radical (unpaired) electrons. The fourth-order valence-electron chi connectivity index (χ4n) is 2.65. The van der Waals surface area contributed by atoms with Crippen LogP contribution in [0.4, 0.5) is 4.79 Å². The first kappa shape index (κ1) is 21.3. The summed E-state index contributed by atoms with van der Waals surface area (Å²) in [6, 6.07) is 7.93. The number of nitrogens with zero attached hydrogens (tertiary/aromatic N) is 1. The highest BCUT2D eigenvalue weighted by Gasteiger charge is 2.30. The van der Waals surface area contributed by atoms with Gasteiger partial charge in [0.05, 0.1) is 11.6 Å². The Morgan fingerprint density at radius 2 is 1.83 bits per heavy atom. The fourth-order valence-corrected chi connectivity index (χ4v) is 3.39. The van der Waals surface area contributed by atoms with Gasteiger partial charge < -0.3 is 14.8 Å². The van der Waals surface area contributed by atoms with Crippen molar-refractivity contribution >= 4 is 52.8 Å². The number of urea groups is 1. The lowest BCUT2D eigenvalue weighted by Crippen LogP contribution is -2.25. The number of amides is 3. The molecule has 1 fully saturated rings. The van der Waals surface area contributed by atoms with Gasteiger partial charge in [-0.1, -0.05) is 40.9 Å². The molecule has 6 nitrogen and oxygen atoms in total. The molecule has 152 valence electrons. The van der Waals surface area contributed by atoms with Gasteiger partial charge in [-0.3, -0.25) is 9.69 Å². The molecule has 1 aliphatic heterocycles. The molecule has 0 aliphatic carbocycles. The molecule has 29 heavy (non-hydrogen) atoms. The van der Waals surface area contributed by atoms with Crippen LogP contribution in [0.25, 0.3) is 6.08 Å². The molecular formula is C20H17Cl3N2O4. The van der Waals surface area contributed by atoms with Crippen LogP contribution in [0.2, 0.25) is 15.1 Å². The van der Waals surface area contributed by atoms with Crippen molar-refractivity contribution in [1.29, 1.82) is 0 Å². The summed E-state index contributed by atoms with van der Waals surface area (Å²) in [5, 5.41) is 3.80. The fraction of sp³-hybridized carbons (Fsp3) is 0.200. The van der Waals surface area contributed by atoms with Crippen LogP contribution in [0.15, 0.2) is 36.0 Å². The number of ether oxygens (including phenoxy) is 2. The average Bonchev–Trinajstić information content (AvgIpc) is 2.89. The van der Waals surface area contributed by atoms with Gasteiger partial charge in [0.15, 0.2) is 11.5 Å². The number of rotatable bonds is 6. The maximum absolute atomic E-state index is 12.1. The number of carbonyl (C=O) groups excluding carboxylic acids is 2. The Morgan fingerprint density at radius 3 is 2.45 bits per heavy atom. The zero-order valence-corrected chi connectivity index (χ0v) is 17.9. The van der Waals surface area contributed by atoms with E-state index in [1.807, 2.05) is 6.92 Å². The second-order valence-electron chi connectivity index (χ2n) is 6.14. The van der Waals surface area contributed by atoms with Gasteiger partial charge in [-0.05, 0) is 42.8 Å². The molecule has 1 saturated heterocycles. The predicted molar refractivity (Wildman–Crippen MR) is 113 cm³/mol. The van der Waals surface area contributed by atoms with Crippen LogP contribution in [-0.4, -0.2) is 30.5 Å². The highest BCUT2D eigenvalue weighted by atomic mass is 35.5. The topological polar surface area (TPSA) is 67.9 Å². The molecule has 2 aromatic rings. The second-order valence-corrected chi connectivity index (χ2v) is 7.39. The van der Waals surface area contributed by atoms with Gasteiger partial charge in [0.25, 0.3) is 5.91 Å². The average molecular weight is 456 g/mol. The summed E-state index contributed by atoms with van der Waals surface area (Å²) in [5.41, 5.74) is 1.47. The van der Waals surface area contributed by atoms with Crippen molar-refractivity contribution in [3.63, 3.8) is 0 Å². The van der Waals surface area contributed by atoms with Crippen LogP contribution >= 0.6 is 34.8 Å². The first-order chi connectivity index (χ1) is 13.8. The molecule has 9 heteroatoms. The summed E-state index contributed by atoms with van der Waals surface area (Å²) in [4.78, 5) is 24.7. The minimum atomic E-state index is -0.489. The first-order valence-corrected chi connectivity index (χ1v) is 9.77. The van der Waals surface area contributed by atoms with Crippen molar-refractivity contribution in [1.82, 2.24) is 10.2 Å². The van der Waals surface area contributed by atoms with Crippen molar-refractivity contribution in [2.24, 2.45) is 0 Å². The van der Waals surface area contributed by atoms with Gasteiger partial charge in [-0.15, -0.1) is 0 Å². The summed E-state index contributed by atoms with van der Waals surface area (Å²) in [6.07, 6.45) is 1.53. The summed E-state index contributed by atoms with van der Waals surface area (Å²) in [6.45, 7) is 2.37. The van der Waals surface area contributed by atoms with Crippen LogP contribution in [0.3, 0.4) is 0 Å². The largest absolute Gasteiger partial charge is 0.490 e. The molecule has 1 N–H and O–H groups in total. The van der Waals surface area contributed by atoms with E-state index in [2.05, 4.69) is 5.32 Å². The molecule has 3 amide bonds. The van der Waals surface area contributed by atoms with Gasteiger partial charge >= 0.3 is 6.03 Å². The van der Waals surface area contributed by atoms with Crippen LogP contribution in [0.1, 0.15) is 18.1 Å². The highest BCUT2D eigenvalue weighted by Crippen LogP contribution is 2.38. The lowest BCUT2D eigenvalue weighted by molar-refractivity contribution is -0.121. The number of benzene rings is 2. The number of imide groups is 1. The Kier molecular flexibility index (Phi) is 6.57. The number of halogens is 3. The smallest absolute Gasteiger partial charge is 0.328 e. The molecule has 0 aromatic heterocycles. The van der Waals surface area contributed by atoms with E-state index >= 15 is 0 Å². The van der Waals surface area contributed by atoms with E-state index in [0.29, 0.717) is 33.7 Å². The molecule has 1 heterocycles. The third kappa shape index (κ3) is 4.78. The summed E-state index contributed by atoms with van der Waals surface area (Å²) < 4.78 is 11.5. The Hall–Kier alpha value is -2.41. The molecule has 1 aliphatic rings. The number of hydrogen-bond acceptors (Lipinski definition) is 4. The summed E-state index contributed by atoms with van der Waals surface area (Å²) >= 11 is 18.5. The quantitative estimate of drug-likeness (QED) is 0.483. The molecule has 0 spiro atoms. The molecule has 0 saturated carbocycles. The van der Waals surface area contributed by atoms with E-state index in [-0.39, 0.29) is 17.3 Å². The third-order valence-electron chi connectivity index (χ3n) is 4.11. The van der Waals surface area contributed by atoms with Gasteiger partial charge in [0, 0.05) is 22.7 Å². The van der Waals surface area contributed by atoms with Crippen molar-refractivity contribution in [3.8, 4) is 11.5 Å². The van der Waals surface area contributed by atoms with Gasteiger partial charge in [-0.25, -0.2) is 4.79 Å². The van der Waals surface area contributed by atoms with Crippen molar-refractivity contribution in [2.45, 2.75) is 13.5 Å². The third-order valence-corrected chi connectivity index (χ3v) is 4.98. The van der Waals surface area contributed by atoms with E-state index in [0.717, 1.165) is 10.5 Å². The minimum Gasteiger partial charge on any atom is -0.490 e. The lowest BCUT2D eigenvalue weighted by Gasteiger charge is -2.15. The normalized spacial score (nSPS) is 15.1. The van der Waals surface area contributed by atoms with E-state index in [1.54, 1.807) is 30.3 Å². The monoisotopic (exact) mass is 454 g/mol. The molecule has 2 aromatic carbocycles. The maximum Gasteiger partial charge on any atom is 0.328 e. The van der Waals surface area contributed by atoms with Crippen LogP contribution in [-0.2, 0) is 11.4 Å². The standard InChI is InChI=1S/C20H17Cl3N2O4/c1-3-28-17-8-11(7-16-19(26)25(2)20(27)24-16)6-15(23)18(17)29-10-12-4-5-13(21)9-14(12)22/h4-9H,3,10H2,1-2H3,(H,24,27)/b16-7+. The van der Waals surface area contributed by atoms with E-state index in [1.165, 1.54) is 13.1 Å². The Balaban J connectivity index is 1.88. The van der Waals surface area contributed by atoms with E-state index < -0.39 is 11.9 Å². The molecule has 0 atom stereocenters. The lowest BCUT2D eigenvalue weighted by atomic mass is 10.1. The summed E-state index contributed by atoms with van der Waals surface area (Å²) in [5.74, 6) is 0.324. The second kappa shape index (κ2) is 8.95. The summed E-state index contributed by atoms with van der Waals surface area (Å²) in [7, 11) is 1.40. The van der Waals surface area contributed by atoms with Crippen LogP contribution in [0, 0.1) is 0 Å².